The molecule has 0 unspecified atom stereocenters. The van der Waals surface area contributed by atoms with Gasteiger partial charge in [-0.3, -0.25) is 4.98 Å². The molecule has 19 heavy (non-hydrogen) atoms. The second kappa shape index (κ2) is 8.44. The maximum Gasteiger partial charge on any atom is 0.0270 e. The number of unbranched alkanes of at least 4 members (excludes halogenated alkanes) is 1. The molecule has 2 nitrogen and oxygen atoms in total. The van der Waals surface area contributed by atoms with E-state index in [4.69, 9.17) is 0 Å². The summed E-state index contributed by atoms with van der Waals surface area (Å²) in [6.07, 6.45) is 8.48. The minimum absolute atomic E-state index is 1.05. The Morgan fingerprint density at radius 2 is 1.47 bits per heavy atom. The molecule has 0 saturated carbocycles. The van der Waals surface area contributed by atoms with Gasteiger partial charge in [0, 0.05) is 12.4 Å². The Kier molecular flexibility index (Phi) is 6.11. The smallest absolute Gasteiger partial charge is 0.0270 e. The zero-order chi connectivity index (χ0) is 13.2. The third kappa shape index (κ3) is 5.66. The first kappa shape index (κ1) is 13.8. The zero-order valence-corrected chi connectivity index (χ0v) is 11.4. The topological polar surface area (TPSA) is 24.9 Å². The maximum absolute atomic E-state index is 4.02. The lowest BCUT2D eigenvalue weighted by molar-refractivity contribution is 0.622. The summed E-state index contributed by atoms with van der Waals surface area (Å²) < 4.78 is 0. The van der Waals surface area contributed by atoms with Gasteiger partial charge >= 0.3 is 0 Å². The SMILES string of the molecule is c1ccc(CCCCNCCc2ccncc2)cc1. The summed E-state index contributed by atoms with van der Waals surface area (Å²) in [6.45, 7) is 2.16. The second-order valence-corrected chi connectivity index (χ2v) is 4.80. The summed E-state index contributed by atoms with van der Waals surface area (Å²) in [7, 11) is 0. The van der Waals surface area contributed by atoms with Crippen LogP contribution in [0.2, 0.25) is 0 Å². The van der Waals surface area contributed by atoms with Crippen molar-refractivity contribution in [3.8, 4) is 0 Å². The van der Waals surface area contributed by atoms with Gasteiger partial charge in [0.05, 0.1) is 0 Å². The van der Waals surface area contributed by atoms with E-state index < -0.39 is 0 Å². The average molecular weight is 254 g/mol. The molecule has 2 rings (SSSR count). The van der Waals surface area contributed by atoms with E-state index in [0.717, 1.165) is 19.5 Å². The van der Waals surface area contributed by atoms with E-state index in [1.54, 1.807) is 0 Å². The van der Waals surface area contributed by atoms with Crippen LogP contribution in [0.25, 0.3) is 0 Å². The van der Waals surface area contributed by atoms with E-state index in [-0.39, 0.29) is 0 Å². The van der Waals surface area contributed by atoms with E-state index in [9.17, 15) is 0 Å². The highest BCUT2D eigenvalue weighted by molar-refractivity contribution is 5.14. The number of benzene rings is 1. The predicted molar refractivity (Wildman–Crippen MR) is 80.2 cm³/mol. The van der Waals surface area contributed by atoms with Crippen LogP contribution < -0.4 is 5.32 Å². The van der Waals surface area contributed by atoms with Crippen LogP contribution in [0.4, 0.5) is 0 Å². The number of aryl methyl sites for hydroxylation is 1. The standard InChI is InChI=1S/C17H22N2/c1-2-6-16(7-3-1)8-4-5-12-18-13-9-17-10-14-19-15-11-17/h1-3,6-7,10-11,14-15,18H,4-5,8-9,12-13H2. The summed E-state index contributed by atoms with van der Waals surface area (Å²) in [6, 6.07) is 14.9. The fraction of sp³-hybridized carbons (Fsp3) is 0.353. The number of hydrogen-bond acceptors (Lipinski definition) is 2. The Morgan fingerprint density at radius 3 is 2.26 bits per heavy atom. The molecule has 0 radical (unpaired) electrons. The minimum atomic E-state index is 1.05. The van der Waals surface area contributed by atoms with Crippen molar-refractivity contribution < 1.29 is 0 Å². The van der Waals surface area contributed by atoms with Crippen LogP contribution in [0, 0.1) is 0 Å². The Bertz CT molecular complexity index is 396. The normalized spacial score (nSPS) is 10.5. The fourth-order valence-corrected chi connectivity index (χ4v) is 2.13. The average Bonchev–Trinajstić information content (AvgIpc) is 2.48. The highest BCUT2D eigenvalue weighted by Gasteiger charge is 1.94. The number of aromatic nitrogens is 1. The van der Waals surface area contributed by atoms with E-state index in [1.807, 2.05) is 12.4 Å². The maximum atomic E-state index is 4.02. The number of nitrogens with one attached hydrogen (secondary N) is 1. The molecule has 2 aromatic rings. The van der Waals surface area contributed by atoms with E-state index in [0.29, 0.717) is 0 Å². The lowest BCUT2D eigenvalue weighted by atomic mass is 10.1. The third-order valence-electron chi connectivity index (χ3n) is 3.25. The van der Waals surface area contributed by atoms with Gasteiger partial charge in [-0.05, 0) is 62.0 Å². The first-order valence-electron chi connectivity index (χ1n) is 7.09. The largest absolute Gasteiger partial charge is 0.316 e. The summed E-state index contributed by atoms with van der Waals surface area (Å²) >= 11 is 0. The van der Waals surface area contributed by atoms with Crippen molar-refractivity contribution in [1.82, 2.24) is 10.3 Å². The molecule has 0 amide bonds. The number of rotatable bonds is 8. The Labute approximate surface area is 115 Å². The van der Waals surface area contributed by atoms with Crippen LogP contribution in [-0.4, -0.2) is 18.1 Å². The van der Waals surface area contributed by atoms with Gasteiger partial charge in [0.2, 0.25) is 0 Å². The van der Waals surface area contributed by atoms with Gasteiger partial charge in [-0.15, -0.1) is 0 Å². The molecule has 0 spiro atoms. The van der Waals surface area contributed by atoms with Crippen molar-refractivity contribution in [2.24, 2.45) is 0 Å². The van der Waals surface area contributed by atoms with Crippen LogP contribution in [0.1, 0.15) is 24.0 Å². The predicted octanol–water partition coefficient (Wildman–Crippen LogP) is 3.24. The van der Waals surface area contributed by atoms with Gasteiger partial charge in [0.25, 0.3) is 0 Å². The molecule has 2 heteroatoms. The van der Waals surface area contributed by atoms with E-state index in [2.05, 4.69) is 52.8 Å². The van der Waals surface area contributed by atoms with Crippen LogP contribution in [0.3, 0.4) is 0 Å². The van der Waals surface area contributed by atoms with Crippen molar-refractivity contribution in [2.45, 2.75) is 25.7 Å². The van der Waals surface area contributed by atoms with E-state index >= 15 is 0 Å². The van der Waals surface area contributed by atoms with Crippen LogP contribution in [0.5, 0.6) is 0 Å². The summed E-state index contributed by atoms with van der Waals surface area (Å²) in [5, 5.41) is 3.50. The van der Waals surface area contributed by atoms with Gasteiger partial charge in [-0.25, -0.2) is 0 Å². The van der Waals surface area contributed by atoms with Gasteiger partial charge in [-0.1, -0.05) is 30.3 Å². The van der Waals surface area contributed by atoms with E-state index in [1.165, 1.54) is 30.4 Å². The lowest BCUT2D eigenvalue weighted by Gasteiger charge is -2.05. The Hall–Kier alpha value is -1.67. The molecule has 0 atom stereocenters. The summed E-state index contributed by atoms with van der Waals surface area (Å²) in [4.78, 5) is 4.02. The van der Waals surface area contributed by atoms with Crippen molar-refractivity contribution >= 4 is 0 Å². The molecule has 1 heterocycles. The minimum Gasteiger partial charge on any atom is -0.316 e. The first-order chi connectivity index (χ1) is 9.45. The molecule has 1 aromatic carbocycles. The highest BCUT2D eigenvalue weighted by Crippen LogP contribution is 2.03. The summed E-state index contributed by atoms with van der Waals surface area (Å²) in [5.74, 6) is 0. The van der Waals surface area contributed by atoms with Crippen molar-refractivity contribution in [3.63, 3.8) is 0 Å². The molecule has 0 aliphatic heterocycles. The van der Waals surface area contributed by atoms with Gasteiger partial charge in [-0.2, -0.15) is 0 Å². The Morgan fingerprint density at radius 1 is 0.737 bits per heavy atom. The van der Waals surface area contributed by atoms with Gasteiger partial charge in [0.15, 0.2) is 0 Å². The van der Waals surface area contributed by atoms with Crippen LogP contribution in [0.15, 0.2) is 54.9 Å². The Balaban J connectivity index is 1.49. The highest BCUT2D eigenvalue weighted by atomic mass is 14.8. The molecule has 0 aliphatic carbocycles. The molecular formula is C17H22N2. The van der Waals surface area contributed by atoms with Crippen molar-refractivity contribution in [2.75, 3.05) is 13.1 Å². The molecule has 0 saturated heterocycles. The molecule has 100 valence electrons. The number of pyridine rings is 1. The molecular weight excluding hydrogens is 232 g/mol. The zero-order valence-electron chi connectivity index (χ0n) is 11.4. The third-order valence-corrected chi connectivity index (χ3v) is 3.25. The molecule has 1 N–H and O–H groups in total. The number of hydrogen-bond donors (Lipinski definition) is 1. The van der Waals surface area contributed by atoms with Gasteiger partial charge < -0.3 is 5.32 Å². The number of nitrogens with zero attached hydrogens (tertiary/aromatic N) is 1. The molecule has 0 aliphatic rings. The molecule has 1 aromatic heterocycles. The van der Waals surface area contributed by atoms with Crippen molar-refractivity contribution in [3.05, 3.63) is 66.0 Å². The van der Waals surface area contributed by atoms with Crippen LogP contribution >= 0.6 is 0 Å². The quantitative estimate of drug-likeness (QED) is 0.732. The lowest BCUT2D eigenvalue weighted by Crippen LogP contribution is -2.18. The van der Waals surface area contributed by atoms with Gasteiger partial charge in [0.1, 0.15) is 0 Å². The molecule has 0 bridgehead atoms. The van der Waals surface area contributed by atoms with Crippen LogP contribution in [-0.2, 0) is 12.8 Å². The summed E-state index contributed by atoms with van der Waals surface area (Å²) in [5.41, 5.74) is 2.80. The fourth-order valence-electron chi connectivity index (χ4n) is 2.13. The molecule has 0 fully saturated rings. The second-order valence-electron chi connectivity index (χ2n) is 4.80. The van der Waals surface area contributed by atoms with Crippen molar-refractivity contribution in [1.29, 1.82) is 0 Å². The first-order valence-corrected chi connectivity index (χ1v) is 7.09. The monoisotopic (exact) mass is 254 g/mol.